The SMILES string of the molecule is O=C(NC[C@@H]1CCCO1)[C@@H](c1ccncc1)N(Cc1ccccc1Cl)C(=O)CN1C(=O)c2ccccc2S1(=O)=O. The van der Waals surface area contributed by atoms with E-state index in [0.29, 0.717) is 27.1 Å². The topological polar surface area (TPSA) is 126 Å². The fraction of sp³-hybridized carbons (Fsp3) is 0.286. The lowest BCUT2D eigenvalue weighted by atomic mass is 10.0. The number of hydrogen-bond acceptors (Lipinski definition) is 7. The average molecular weight is 583 g/mol. The number of nitrogens with one attached hydrogen (secondary N) is 1. The third-order valence-corrected chi connectivity index (χ3v) is 9.08. The molecular formula is C28H27ClN4O6S. The van der Waals surface area contributed by atoms with Gasteiger partial charge in [-0.25, -0.2) is 12.7 Å². The summed E-state index contributed by atoms with van der Waals surface area (Å²) in [5, 5.41) is 3.25. The molecule has 0 unspecified atom stereocenters. The molecule has 3 amide bonds. The lowest BCUT2D eigenvalue weighted by Gasteiger charge is -2.33. The second kappa shape index (κ2) is 11.7. The van der Waals surface area contributed by atoms with E-state index in [1.807, 2.05) is 0 Å². The number of fused-ring (bicyclic) bond motifs is 1. The van der Waals surface area contributed by atoms with E-state index in [0.717, 1.165) is 12.8 Å². The first-order valence-corrected chi connectivity index (χ1v) is 14.6. The van der Waals surface area contributed by atoms with Crippen LogP contribution in [-0.4, -0.2) is 66.1 Å². The number of benzene rings is 2. The number of sulfonamides is 1. The number of carbonyl (C=O) groups excluding carboxylic acids is 3. The van der Waals surface area contributed by atoms with Crippen LogP contribution in [0.25, 0.3) is 0 Å². The third-order valence-electron chi connectivity index (χ3n) is 6.92. The predicted octanol–water partition coefficient (Wildman–Crippen LogP) is 2.94. The lowest BCUT2D eigenvalue weighted by molar-refractivity contribution is -0.141. The summed E-state index contributed by atoms with van der Waals surface area (Å²) in [5.41, 5.74) is 0.995. The van der Waals surface area contributed by atoms with Crippen molar-refractivity contribution in [3.05, 3.63) is 94.8 Å². The number of halogens is 1. The third kappa shape index (κ3) is 5.58. The molecule has 208 valence electrons. The van der Waals surface area contributed by atoms with Gasteiger partial charge in [-0.05, 0) is 54.3 Å². The molecule has 0 saturated carbocycles. The molecule has 0 spiro atoms. The van der Waals surface area contributed by atoms with Gasteiger partial charge in [-0.1, -0.05) is 41.9 Å². The van der Waals surface area contributed by atoms with Crippen molar-refractivity contribution in [2.75, 3.05) is 19.7 Å². The average Bonchev–Trinajstić information content (AvgIpc) is 3.55. The molecule has 2 atom stereocenters. The summed E-state index contributed by atoms with van der Waals surface area (Å²) in [6.07, 6.45) is 4.56. The predicted molar refractivity (Wildman–Crippen MR) is 146 cm³/mol. The number of rotatable bonds is 9. The minimum Gasteiger partial charge on any atom is -0.376 e. The first-order valence-electron chi connectivity index (χ1n) is 12.8. The molecule has 2 aromatic carbocycles. The van der Waals surface area contributed by atoms with Crippen molar-refractivity contribution >= 4 is 39.3 Å². The lowest BCUT2D eigenvalue weighted by Crippen LogP contribution is -2.48. The van der Waals surface area contributed by atoms with Gasteiger partial charge in [0.05, 0.1) is 11.7 Å². The molecule has 12 heteroatoms. The van der Waals surface area contributed by atoms with Crippen LogP contribution in [0, 0.1) is 0 Å². The van der Waals surface area contributed by atoms with E-state index in [9.17, 15) is 22.8 Å². The smallest absolute Gasteiger partial charge is 0.269 e. The fourth-order valence-corrected chi connectivity index (χ4v) is 6.58. The maximum atomic E-state index is 14.0. The summed E-state index contributed by atoms with van der Waals surface area (Å²) in [6, 6.07) is 14.7. The van der Waals surface area contributed by atoms with Gasteiger partial charge in [0, 0.05) is 37.1 Å². The minimum atomic E-state index is -4.25. The highest BCUT2D eigenvalue weighted by Gasteiger charge is 2.43. The van der Waals surface area contributed by atoms with E-state index in [-0.39, 0.29) is 29.7 Å². The summed E-state index contributed by atoms with van der Waals surface area (Å²) < 4.78 is 32.6. The van der Waals surface area contributed by atoms with Crippen molar-refractivity contribution in [3.8, 4) is 0 Å². The van der Waals surface area contributed by atoms with Crippen LogP contribution in [0.1, 0.15) is 40.4 Å². The van der Waals surface area contributed by atoms with Gasteiger partial charge in [-0.3, -0.25) is 19.4 Å². The van der Waals surface area contributed by atoms with E-state index >= 15 is 0 Å². The van der Waals surface area contributed by atoms with E-state index < -0.39 is 40.3 Å². The van der Waals surface area contributed by atoms with Crippen molar-refractivity contribution in [3.63, 3.8) is 0 Å². The Morgan fingerprint density at radius 3 is 2.52 bits per heavy atom. The van der Waals surface area contributed by atoms with Gasteiger partial charge < -0.3 is 15.0 Å². The van der Waals surface area contributed by atoms with Crippen molar-refractivity contribution in [2.45, 2.75) is 36.4 Å². The van der Waals surface area contributed by atoms with Crippen molar-refractivity contribution in [1.29, 1.82) is 0 Å². The second-order valence-corrected chi connectivity index (χ2v) is 11.7. The van der Waals surface area contributed by atoms with Gasteiger partial charge >= 0.3 is 0 Å². The number of carbonyl (C=O) groups is 3. The number of ether oxygens (including phenoxy) is 1. The van der Waals surface area contributed by atoms with Crippen LogP contribution in [0.5, 0.6) is 0 Å². The van der Waals surface area contributed by atoms with Crippen LogP contribution in [0.4, 0.5) is 0 Å². The molecule has 40 heavy (non-hydrogen) atoms. The maximum absolute atomic E-state index is 14.0. The van der Waals surface area contributed by atoms with Gasteiger partial charge in [0.2, 0.25) is 11.8 Å². The molecule has 1 fully saturated rings. The van der Waals surface area contributed by atoms with Crippen molar-refractivity contribution in [1.82, 2.24) is 19.5 Å². The molecule has 1 saturated heterocycles. The first-order chi connectivity index (χ1) is 19.3. The van der Waals surface area contributed by atoms with Crippen molar-refractivity contribution < 1.29 is 27.5 Å². The molecule has 0 aliphatic carbocycles. The zero-order valence-electron chi connectivity index (χ0n) is 21.4. The Balaban J connectivity index is 1.50. The highest BCUT2D eigenvalue weighted by molar-refractivity contribution is 7.90. The molecule has 3 heterocycles. The number of nitrogens with zero attached hydrogens (tertiary/aromatic N) is 3. The normalized spacial score (nSPS) is 18.3. The molecule has 2 aliphatic rings. The van der Waals surface area contributed by atoms with E-state index in [1.165, 1.54) is 35.5 Å². The molecular weight excluding hydrogens is 556 g/mol. The summed E-state index contributed by atoms with van der Waals surface area (Å²) in [4.78, 5) is 45.9. The van der Waals surface area contributed by atoms with Gasteiger partial charge in [0.15, 0.2) is 0 Å². The molecule has 0 bridgehead atoms. The standard InChI is InChI=1S/C28H27ClN4O6S/c29-23-9-3-1-6-20(23)17-32(25(34)18-33-28(36)22-8-2-4-10-24(22)40(33,37)38)26(19-11-13-30-14-12-19)27(35)31-16-21-7-5-15-39-21/h1-4,6,8-14,21,26H,5,7,15-18H2,(H,31,35)/t21-,26+/m0/s1. The zero-order chi connectivity index (χ0) is 28.3. The van der Waals surface area contributed by atoms with Crippen LogP contribution in [0.2, 0.25) is 5.02 Å². The van der Waals surface area contributed by atoms with Crippen LogP contribution >= 0.6 is 11.6 Å². The largest absolute Gasteiger partial charge is 0.376 e. The Labute approximate surface area is 236 Å². The first kappa shape index (κ1) is 27.8. The summed E-state index contributed by atoms with van der Waals surface area (Å²) >= 11 is 6.42. The van der Waals surface area contributed by atoms with Crippen LogP contribution in [-0.2, 0) is 30.9 Å². The number of hydrogen-bond donors (Lipinski definition) is 1. The molecule has 3 aromatic rings. The van der Waals surface area contributed by atoms with E-state index in [4.69, 9.17) is 16.3 Å². The molecule has 2 aliphatic heterocycles. The molecule has 10 nitrogen and oxygen atoms in total. The van der Waals surface area contributed by atoms with Crippen LogP contribution < -0.4 is 5.32 Å². The Hall–Kier alpha value is -3.80. The summed E-state index contributed by atoms with van der Waals surface area (Å²) in [6.45, 7) is -0.0379. The highest BCUT2D eigenvalue weighted by atomic mass is 35.5. The highest BCUT2D eigenvalue weighted by Crippen LogP contribution is 2.31. The van der Waals surface area contributed by atoms with Gasteiger partial charge in [0.1, 0.15) is 17.5 Å². The number of pyridine rings is 1. The molecule has 1 aromatic heterocycles. The summed E-state index contributed by atoms with van der Waals surface area (Å²) in [7, 11) is -4.25. The Kier molecular flexibility index (Phi) is 8.15. The van der Waals surface area contributed by atoms with Crippen LogP contribution in [0.15, 0.2) is 78.0 Å². The fourth-order valence-electron chi connectivity index (χ4n) is 4.87. The summed E-state index contributed by atoms with van der Waals surface area (Å²) in [5.74, 6) is -2.04. The molecule has 0 radical (unpaired) electrons. The minimum absolute atomic E-state index is 0.00653. The second-order valence-electron chi connectivity index (χ2n) is 9.49. The molecule has 5 rings (SSSR count). The maximum Gasteiger partial charge on any atom is 0.269 e. The quantitative estimate of drug-likeness (QED) is 0.411. The van der Waals surface area contributed by atoms with E-state index in [1.54, 1.807) is 42.5 Å². The monoisotopic (exact) mass is 582 g/mol. The zero-order valence-corrected chi connectivity index (χ0v) is 23.0. The van der Waals surface area contributed by atoms with Gasteiger partial charge in [-0.2, -0.15) is 0 Å². The van der Waals surface area contributed by atoms with E-state index in [2.05, 4.69) is 10.3 Å². The molecule has 1 N–H and O–H groups in total. The van der Waals surface area contributed by atoms with Gasteiger partial charge in [0.25, 0.3) is 15.9 Å². The number of aromatic nitrogens is 1. The Bertz CT molecular complexity index is 1530. The Morgan fingerprint density at radius 1 is 1.10 bits per heavy atom. The van der Waals surface area contributed by atoms with Gasteiger partial charge in [-0.15, -0.1) is 0 Å². The number of amides is 3. The van der Waals surface area contributed by atoms with Crippen molar-refractivity contribution in [2.24, 2.45) is 0 Å². The Morgan fingerprint density at radius 2 is 1.82 bits per heavy atom. The van der Waals surface area contributed by atoms with Crippen LogP contribution in [0.3, 0.4) is 0 Å².